The van der Waals surface area contributed by atoms with Gasteiger partial charge in [-0.1, -0.05) is 188 Å². The van der Waals surface area contributed by atoms with Crippen LogP contribution in [0, 0.1) is 0 Å². The highest BCUT2D eigenvalue weighted by Crippen LogP contribution is 2.43. The lowest BCUT2D eigenvalue weighted by Gasteiger charge is -2.26. The molecule has 0 amide bonds. The molecule has 11 aromatic rings. The molecule has 0 atom stereocenters. The van der Waals surface area contributed by atoms with Crippen LogP contribution >= 0.6 is 0 Å². The lowest BCUT2D eigenvalue weighted by atomic mass is 9.90. The Bertz CT molecular complexity index is 3290. The summed E-state index contributed by atoms with van der Waals surface area (Å²) in [5, 5.41) is 4.67. The number of fused-ring (bicyclic) bond motifs is 4. The highest BCUT2D eigenvalue weighted by molar-refractivity contribution is 6.14. The Hall–Kier alpha value is -7.94. The third-order valence-electron chi connectivity index (χ3n) is 11.7. The van der Waals surface area contributed by atoms with Gasteiger partial charge < -0.3 is 9.32 Å². The molecule has 0 aliphatic rings. The number of rotatable bonds is 8. The predicted molar refractivity (Wildman–Crippen MR) is 253 cm³/mol. The molecule has 0 radical (unpaired) electrons. The molecule has 0 aliphatic carbocycles. The highest BCUT2D eigenvalue weighted by Gasteiger charge is 2.18. The van der Waals surface area contributed by atoms with E-state index in [-0.39, 0.29) is 0 Å². The zero-order valence-corrected chi connectivity index (χ0v) is 32.9. The minimum absolute atomic E-state index is 0.906. The van der Waals surface area contributed by atoms with Crippen LogP contribution in [0.2, 0.25) is 0 Å². The predicted octanol–water partition coefficient (Wildman–Crippen LogP) is 16.5. The van der Waals surface area contributed by atoms with Gasteiger partial charge in [-0.15, -0.1) is 0 Å². The second-order valence-electron chi connectivity index (χ2n) is 15.2. The summed E-state index contributed by atoms with van der Waals surface area (Å²) in [7, 11) is 0. The fraction of sp³-hybridized carbons (Fsp3) is 0. The molecule has 0 bridgehead atoms. The average molecular weight is 766 g/mol. The molecule has 0 unspecified atom stereocenters. The zero-order valence-electron chi connectivity index (χ0n) is 32.9. The first-order chi connectivity index (χ1) is 29.8. The SMILES string of the molecule is c1ccc(-c2cccc(-c3ccccc3-c3ccc(N(c4ccccc4)c4ccc(-c5cccc6cccc(-c7cccc8c7oc7ccccc78)c56)cc4)cc3)c2)cc1. The van der Waals surface area contributed by atoms with Gasteiger partial charge in [0.25, 0.3) is 0 Å². The molecule has 10 aromatic carbocycles. The van der Waals surface area contributed by atoms with Crippen molar-refractivity contribution in [3.63, 3.8) is 0 Å². The summed E-state index contributed by atoms with van der Waals surface area (Å²) >= 11 is 0. The van der Waals surface area contributed by atoms with Gasteiger partial charge in [-0.2, -0.15) is 0 Å². The molecule has 0 fully saturated rings. The Kier molecular flexibility index (Phi) is 8.87. The molecule has 60 heavy (non-hydrogen) atoms. The first kappa shape index (κ1) is 35.2. The van der Waals surface area contributed by atoms with E-state index in [9.17, 15) is 0 Å². The van der Waals surface area contributed by atoms with E-state index in [1.165, 1.54) is 49.7 Å². The summed E-state index contributed by atoms with van der Waals surface area (Å²) in [5.74, 6) is 0. The van der Waals surface area contributed by atoms with E-state index in [2.05, 4.69) is 235 Å². The van der Waals surface area contributed by atoms with Gasteiger partial charge in [0.2, 0.25) is 0 Å². The van der Waals surface area contributed by atoms with E-state index in [1.807, 2.05) is 6.07 Å². The van der Waals surface area contributed by atoms with Crippen molar-refractivity contribution in [3.05, 3.63) is 237 Å². The van der Waals surface area contributed by atoms with Crippen LogP contribution in [0.1, 0.15) is 0 Å². The first-order valence-electron chi connectivity index (χ1n) is 20.5. The molecular formula is C58H39NO. The number of hydrogen-bond donors (Lipinski definition) is 0. The molecule has 0 saturated heterocycles. The average Bonchev–Trinajstić information content (AvgIpc) is 3.72. The summed E-state index contributed by atoms with van der Waals surface area (Å²) < 4.78 is 6.53. The number of hydrogen-bond acceptors (Lipinski definition) is 2. The number of nitrogens with zero attached hydrogens (tertiary/aromatic N) is 1. The van der Waals surface area contributed by atoms with Gasteiger partial charge in [0.15, 0.2) is 0 Å². The lowest BCUT2D eigenvalue weighted by Crippen LogP contribution is -2.09. The van der Waals surface area contributed by atoms with Crippen molar-refractivity contribution in [2.45, 2.75) is 0 Å². The van der Waals surface area contributed by atoms with E-state index in [0.717, 1.165) is 55.7 Å². The summed E-state index contributed by atoms with van der Waals surface area (Å²) in [6, 6.07) is 84.7. The van der Waals surface area contributed by atoms with Gasteiger partial charge >= 0.3 is 0 Å². The van der Waals surface area contributed by atoms with Crippen molar-refractivity contribution in [3.8, 4) is 55.6 Å². The van der Waals surface area contributed by atoms with Gasteiger partial charge in [-0.3, -0.25) is 0 Å². The number of furan rings is 1. The van der Waals surface area contributed by atoms with E-state index in [4.69, 9.17) is 4.42 Å². The third-order valence-corrected chi connectivity index (χ3v) is 11.7. The quantitative estimate of drug-likeness (QED) is 0.153. The van der Waals surface area contributed by atoms with Crippen molar-refractivity contribution in [2.24, 2.45) is 0 Å². The highest BCUT2D eigenvalue weighted by atomic mass is 16.3. The van der Waals surface area contributed by atoms with E-state index >= 15 is 0 Å². The monoisotopic (exact) mass is 765 g/mol. The largest absolute Gasteiger partial charge is 0.455 e. The van der Waals surface area contributed by atoms with Gasteiger partial charge in [-0.05, 0) is 109 Å². The molecule has 282 valence electrons. The van der Waals surface area contributed by atoms with E-state index < -0.39 is 0 Å². The molecular weight excluding hydrogens is 727 g/mol. The normalized spacial score (nSPS) is 11.3. The van der Waals surface area contributed by atoms with Crippen LogP contribution < -0.4 is 4.90 Å². The fourth-order valence-electron chi connectivity index (χ4n) is 8.85. The van der Waals surface area contributed by atoms with Crippen LogP contribution in [0.25, 0.3) is 88.3 Å². The molecule has 2 nitrogen and oxygen atoms in total. The Morgan fingerprint density at radius 2 is 0.767 bits per heavy atom. The molecule has 0 N–H and O–H groups in total. The summed E-state index contributed by atoms with van der Waals surface area (Å²) in [4.78, 5) is 2.33. The van der Waals surface area contributed by atoms with Crippen LogP contribution in [0.15, 0.2) is 241 Å². The second kappa shape index (κ2) is 15.1. The smallest absolute Gasteiger partial charge is 0.143 e. The maximum Gasteiger partial charge on any atom is 0.143 e. The van der Waals surface area contributed by atoms with Crippen molar-refractivity contribution >= 4 is 49.8 Å². The van der Waals surface area contributed by atoms with Gasteiger partial charge in [0.05, 0.1) is 0 Å². The number of para-hydroxylation sites is 3. The first-order valence-corrected chi connectivity index (χ1v) is 20.5. The Morgan fingerprint density at radius 1 is 0.283 bits per heavy atom. The third kappa shape index (κ3) is 6.32. The van der Waals surface area contributed by atoms with Gasteiger partial charge in [0.1, 0.15) is 11.2 Å². The molecule has 11 rings (SSSR count). The maximum absolute atomic E-state index is 6.53. The number of anilines is 3. The molecule has 0 spiro atoms. The maximum atomic E-state index is 6.53. The van der Waals surface area contributed by atoms with Crippen LogP contribution in [0.3, 0.4) is 0 Å². The minimum Gasteiger partial charge on any atom is -0.455 e. The lowest BCUT2D eigenvalue weighted by molar-refractivity contribution is 0.670. The van der Waals surface area contributed by atoms with Crippen molar-refractivity contribution in [1.82, 2.24) is 0 Å². The second-order valence-corrected chi connectivity index (χ2v) is 15.2. The summed E-state index contributed by atoms with van der Waals surface area (Å²) in [6.45, 7) is 0. The molecule has 1 heterocycles. The van der Waals surface area contributed by atoms with Gasteiger partial charge in [-0.25, -0.2) is 0 Å². The van der Waals surface area contributed by atoms with Crippen LogP contribution in [-0.4, -0.2) is 0 Å². The van der Waals surface area contributed by atoms with Crippen molar-refractivity contribution < 1.29 is 4.42 Å². The topological polar surface area (TPSA) is 16.4 Å². The summed E-state index contributed by atoms with van der Waals surface area (Å²) in [6.07, 6.45) is 0. The molecule has 0 saturated carbocycles. The Morgan fingerprint density at radius 3 is 1.50 bits per heavy atom. The van der Waals surface area contributed by atoms with E-state index in [0.29, 0.717) is 0 Å². The van der Waals surface area contributed by atoms with Crippen molar-refractivity contribution in [2.75, 3.05) is 4.90 Å². The molecule has 1 aromatic heterocycles. The Labute approximate surface area is 349 Å². The van der Waals surface area contributed by atoms with Crippen LogP contribution in [0.5, 0.6) is 0 Å². The molecule has 0 aliphatic heterocycles. The van der Waals surface area contributed by atoms with Crippen molar-refractivity contribution in [1.29, 1.82) is 0 Å². The van der Waals surface area contributed by atoms with Gasteiger partial charge in [0, 0.05) is 33.4 Å². The van der Waals surface area contributed by atoms with Crippen LogP contribution in [-0.2, 0) is 0 Å². The fourth-order valence-corrected chi connectivity index (χ4v) is 8.85. The standard InChI is InChI=1S/C58H39NO/c1-3-15-40(16-4-1)44-19-11-20-45(39-44)50-24-8-7-23-49(50)41-31-35-47(36-32-41)59(46-21-5-2-6-22-46)48-37-33-42(34-38-48)51-26-12-17-43-18-13-27-53(57(43)51)55-29-14-28-54-52-25-9-10-30-56(52)60-58(54)55/h1-39H. The summed E-state index contributed by atoms with van der Waals surface area (Å²) in [5.41, 5.74) is 16.9. The minimum atomic E-state index is 0.906. The van der Waals surface area contributed by atoms with E-state index in [1.54, 1.807) is 0 Å². The Balaban J connectivity index is 0.961. The van der Waals surface area contributed by atoms with Crippen LogP contribution in [0.4, 0.5) is 17.1 Å². The molecule has 2 heteroatoms. The zero-order chi connectivity index (χ0) is 39.8. The number of benzene rings is 10.